The third kappa shape index (κ3) is 15.0. The molecule has 7 N–H and O–H groups in total. The molecule has 12 saturated carbocycles. The van der Waals surface area contributed by atoms with E-state index in [0.717, 1.165) is 92.8 Å². The number of aliphatic carboxylic acids is 1. The molecule has 13 fully saturated rings. The highest BCUT2D eigenvalue weighted by molar-refractivity contribution is 6.54. The first-order valence-electron chi connectivity index (χ1n) is 53.7. The normalized spacial score (nSPS) is 48.2. The average Bonchev–Trinajstić information content (AvgIpc) is 1.67. The first kappa shape index (κ1) is 98.2. The number of carbonyl (C=O) groups excluding carboxylic acids is 2. The van der Waals surface area contributed by atoms with Crippen molar-refractivity contribution in [3.05, 3.63) is 106 Å². The maximum Gasteiger partial charge on any atom is 0.490 e. The van der Waals surface area contributed by atoms with Crippen molar-refractivity contribution in [1.82, 2.24) is 0 Å². The van der Waals surface area contributed by atoms with Gasteiger partial charge in [0.2, 0.25) is 0 Å². The molecule has 19 rings (SSSR count). The monoisotopic (exact) mass is 1770 g/mol. The molecule has 0 bridgehead atoms. The minimum absolute atomic E-state index is 0.00955. The van der Waals surface area contributed by atoms with Crippen LogP contribution in [-0.2, 0) is 28.4 Å². The molecule has 10 nitrogen and oxygen atoms in total. The number of hydrogen-bond acceptors (Lipinski definition) is 9. The molecule has 3 unspecified atom stereocenters. The van der Waals surface area contributed by atoms with Crippen molar-refractivity contribution in [3.63, 3.8) is 0 Å². The summed E-state index contributed by atoms with van der Waals surface area (Å²) in [6, 6.07) is 0. The van der Waals surface area contributed by atoms with E-state index in [9.17, 15) is 19.5 Å². The lowest BCUT2D eigenvalue weighted by atomic mass is 9.33. The predicted molar refractivity (Wildman–Crippen MR) is 534 cm³/mol. The van der Waals surface area contributed by atoms with E-state index in [4.69, 9.17) is 31.2 Å². The number of rotatable bonds is 10. The van der Waals surface area contributed by atoms with Gasteiger partial charge < -0.3 is 36.4 Å². The van der Waals surface area contributed by atoms with Crippen molar-refractivity contribution in [1.29, 1.82) is 0 Å². The van der Waals surface area contributed by atoms with Gasteiger partial charge in [0, 0.05) is 22.5 Å². The number of hydrogen-bond donors (Lipinski definition) is 4. The number of carboxylic acids is 1. The van der Waals surface area contributed by atoms with Crippen LogP contribution in [0.3, 0.4) is 0 Å². The van der Waals surface area contributed by atoms with Gasteiger partial charge in [-0.25, -0.2) is 0 Å². The number of fused-ring (bicyclic) bond motifs is 21. The zero-order valence-electron chi connectivity index (χ0n) is 86.8. The van der Waals surface area contributed by atoms with Crippen LogP contribution in [0.25, 0.3) is 0 Å². The molecule has 0 spiro atoms. The second-order valence-electron chi connectivity index (χ2n) is 54.1. The Bertz CT molecular complexity index is 4580. The highest BCUT2D eigenvalue weighted by Crippen LogP contribution is 2.81. The highest BCUT2D eigenvalue weighted by atomic mass is 16.7. The van der Waals surface area contributed by atoms with Crippen LogP contribution in [-0.4, -0.2) is 64.4 Å². The fourth-order valence-electron chi connectivity index (χ4n) is 39.0. The second-order valence-corrected chi connectivity index (χ2v) is 54.1. The van der Waals surface area contributed by atoms with Crippen molar-refractivity contribution < 1.29 is 33.5 Å². The van der Waals surface area contributed by atoms with Gasteiger partial charge in [-0.1, -0.05) is 182 Å². The van der Waals surface area contributed by atoms with Gasteiger partial charge in [-0.3, -0.25) is 14.4 Å². The summed E-state index contributed by atoms with van der Waals surface area (Å²) in [7, 11) is -0.233. The summed E-state index contributed by atoms with van der Waals surface area (Å²) in [5.74, 6) is 10.2. The van der Waals surface area contributed by atoms with Crippen molar-refractivity contribution >= 4 is 24.8 Å². The van der Waals surface area contributed by atoms with Gasteiger partial charge in [-0.15, -0.1) is 0 Å². The summed E-state index contributed by atoms with van der Waals surface area (Å²) in [5.41, 5.74) is 38.4. The van der Waals surface area contributed by atoms with Crippen molar-refractivity contribution in [2.45, 2.75) is 432 Å². The van der Waals surface area contributed by atoms with Crippen LogP contribution in [0, 0.1) is 172 Å². The van der Waals surface area contributed by atoms with Crippen molar-refractivity contribution in [2.75, 3.05) is 6.61 Å². The number of allylic oxidation sites excluding steroid dienone is 15. The minimum Gasteiger partial charge on any atom is -0.481 e. The smallest absolute Gasteiger partial charge is 0.481 e. The Morgan fingerprint density at radius 1 is 0.395 bits per heavy atom. The first-order chi connectivity index (χ1) is 60.0. The van der Waals surface area contributed by atoms with E-state index in [1.54, 1.807) is 18.1 Å². The van der Waals surface area contributed by atoms with Gasteiger partial charge in [0.15, 0.2) is 0 Å². The number of ether oxygens (including phenoxy) is 1. The molecule has 718 valence electrons. The maximum atomic E-state index is 12.4. The van der Waals surface area contributed by atoms with Crippen LogP contribution in [0.5, 0.6) is 0 Å². The summed E-state index contributed by atoms with van der Waals surface area (Å²) in [5, 5.41) is 9.51. The Hall–Kier alpha value is -3.87. The standard InChI is InChI=1S/C38H59NO2.C36H55NO2.C30H49N.C14H23BO3/c1-9-41-33(40)26-12-10-25(11-13-26)28-17-19-35(6)30(34(28,4)5)18-20-37(8)31(35)15-14-29-32-27(24(2)3)16-21-38(32,39)23-22-36(29,37)7;1-22(2)25-14-19-36(37)21-20-34(6)27(30(25)36)12-13-29-33(5)17-15-26(23-8-10-24(11-9-23)31(38)39)32(3,4)28(33)16-18-35(29,34)7;1-19(2)21-12-16-30(31)18-17-28(7)22(25(21)30)9-10-24-27(6)14-11-20(3)26(4,5)23(27)13-15-29(24,28)8;1-10(16)11-6-8-12(9-7-11)15-17-13(2,3)14(4,5)18-15/h10,17,26-27,29-32H,2,9,11-16,18-23,39H2,1,3-8H3;8,15,24-25,27-30H,1,9-14,16-21,37H2,2-7H3,(H,38,39);11,21-25H,1,9-10,12-18,31H2,2-8H3;8,11H,6-7,9H2,1-5H3/t26?,27-,29+,30-,31+,32+,35-,36+,37+,38-;24?,25-,27+,28-,29+,30+,33-,34+,35+,36-;21-,22+,23-,24+,25+,27-,28+,29+,30-;/m000./s1. The SMILES string of the molecule is C=C(C)[C@@H]1CC[C@]2(N)CC[C@]3(C)[C@H](CC[C@@H]4[C@@]5(C)CC=C(C)C(C)(C)[C@@H]5CC[C@]43C)[C@@H]12.C=C(C)[C@@H]1CC[C@]2(N)CC[C@]3(C)[C@H](CC[C@@H]4[C@@]5(C)CC=C(C6=CCC(C(=O)O)CC6)C(C)(C)[C@@H]5CC[C@]43C)[C@@H]12.C=C(C)[C@@H]1CC[C@]2(N)CC[C@]3(C)[C@H](CC[C@@H]4[C@@]5(C)CC=C(C6=CCC(C(=O)OCC)CC6)C(C)(C)[C@@H]5CC[C@]43C)[C@@H]12.CC(=O)C1CC=C(B2OC(C)(C)C(C)(C)O2)CC1. The number of ketones is 1. The Morgan fingerprint density at radius 2 is 0.736 bits per heavy atom. The Kier molecular flexibility index (Phi) is 25.5. The lowest BCUT2D eigenvalue weighted by molar-refractivity contribution is -0.219. The van der Waals surface area contributed by atoms with Crippen LogP contribution >= 0.6 is 0 Å². The average molecular weight is 1770 g/mol. The molecule has 129 heavy (non-hydrogen) atoms. The fraction of sp³-hybridized carbons (Fsp3) is 0.822. The zero-order chi connectivity index (χ0) is 93.9. The molecule has 0 aromatic carbocycles. The van der Waals surface area contributed by atoms with Gasteiger partial charge in [0.25, 0.3) is 0 Å². The Labute approximate surface area is 787 Å². The third-order valence-electron chi connectivity index (χ3n) is 47.6. The first-order valence-corrected chi connectivity index (χ1v) is 53.7. The largest absolute Gasteiger partial charge is 0.490 e. The molecule has 1 aliphatic heterocycles. The van der Waals surface area contributed by atoms with Gasteiger partial charge in [0.1, 0.15) is 5.78 Å². The number of nitrogens with two attached hydrogens (primary N) is 3. The summed E-state index contributed by atoms with van der Waals surface area (Å²) < 4.78 is 17.4. The van der Waals surface area contributed by atoms with E-state index in [-0.39, 0.29) is 69.5 Å². The molecule has 11 heteroatoms. The minimum atomic E-state index is -0.632. The highest BCUT2D eigenvalue weighted by Gasteiger charge is 2.75. The molecule has 0 radical (unpaired) electrons. The molecular formula is C118H186BN3O7. The molecule has 0 amide bonds. The van der Waals surface area contributed by atoms with Crippen LogP contribution in [0.2, 0.25) is 0 Å². The molecule has 18 aliphatic carbocycles. The number of esters is 1. The topological polar surface area (TPSA) is 177 Å². The quantitative estimate of drug-likeness (QED) is 0.0935. The van der Waals surface area contributed by atoms with Gasteiger partial charge in [-0.05, 0) is 482 Å². The molecule has 19 aliphatic rings. The van der Waals surface area contributed by atoms with E-state index >= 15 is 0 Å². The third-order valence-corrected chi connectivity index (χ3v) is 47.6. The van der Waals surface area contributed by atoms with Gasteiger partial charge in [-0.2, -0.15) is 0 Å². The van der Waals surface area contributed by atoms with E-state index in [1.165, 1.54) is 212 Å². The molecule has 1 saturated heterocycles. The van der Waals surface area contributed by atoms with Crippen LogP contribution in [0.15, 0.2) is 106 Å². The number of carboxylic acid groups (broad SMARTS) is 1. The molecule has 30 atom stereocenters. The lowest BCUT2D eigenvalue weighted by Gasteiger charge is -2.72. The summed E-state index contributed by atoms with van der Waals surface area (Å²) >= 11 is 0. The van der Waals surface area contributed by atoms with Gasteiger partial charge >= 0.3 is 19.1 Å². The number of carbonyl (C=O) groups is 3. The van der Waals surface area contributed by atoms with Crippen LogP contribution in [0.4, 0.5) is 0 Å². The maximum absolute atomic E-state index is 12.4. The molecule has 0 aromatic heterocycles. The van der Waals surface area contributed by atoms with E-state index < -0.39 is 5.97 Å². The fourth-order valence-corrected chi connectivity index (χ4v) is 39.0. The van der Waals surface area contributed by atoms with Crippen molar-refractivity contribution in [3.8, 4) is 0 Å². The Balaban J connectivity index is 0.000000130. The van der Waals surface area contributed by atoms with Crippen molar-refractivity contribution in [2.24, 2.45) is 189 Å². The predicted octanol–water partition coefficient (Wildman–Crippen LogP) is 28.7. The number of Topliss-reactive ketones (excluding diaryl/α,β-unsaturated/α-hetero) is 1. The molecular weight excluding hydrogens is 1580 g/mol. The zero-order valence-corrected chi connectivity index (χ0v) is 86.8. The Morgan fingerprint density at radius 3 is 1.05 bits per heavy atom. The molecule has 1 heterocycles. The van der Waals surface area contributed by atoms with E-state index in [1.807, 2.05) is 6.92 Å². The van der Waals surface area contributed by atoms with E-state index in [0.29, 0.717) is 120 Å². The van der Waals surface area contributed by atoms with E-state index in [2.05, 4.69) is 215 Å². The molecule has 0 aromatic rings. The van der Waals surface area contributed by atoms with Crippen LogP contribution < -0.4 is 17.2 Å². The lowest BCUT2D eigenvalue weighted by Crippen LogP contribution is -2.67. The van der Waals surface area contributed by atoms with Crippen LogP contribution in [0.1, 0.15) is 404 Å². The summed E-state index contributed by atoms with van der Waals surface area (Å²) in [6.07, 6.45) is 57.5. The summed E-state index contributed by atoms with van der Waals surface area (Å²) in [4.78, 5) is 35.3. The summed E-state index contributed by atoms with van der Waals surface area (Å²) in [6.45, 7) is 74.5. The van der Waals surface area contributed by atoms with Gasteiger partial charge in [0.05, 0.1) is 29.6 Å². The second kappa shape index (κ2) is 33.5.